The lowest BCUT2D eigenvalue weighted by Crippen LogP contribution is -2.62. The molecule has 1 aromatic heterocycles. The number of carbonyl (C=O) groups excluding carboxylic acids is 2. The maximum Gasteiger partial charge on any atom is 0.248 e. The van der Waals surface area contributed by atoms with E-state index in [-0.39, 0.29) is 29.9 Å². The van der Waals surface area contributed by atoms with Gasteiger partial charge in [-0.15, -0.1) is 11.3 Å². The smallest absolute Gasteiger partial charge is 0.248 e. The van der Waals surface area contributed by atoms with Gasteiger partial charge in [0.2, 0.25) is 11.8 Å². The number of rotatable bonds is 5. The number of thiazole rings is 1. The predicted octanol–water partition coefficient (Wildman–Crippen LogP) is -0.133. The highest BCUT2D eigenvalue weighted by Crippen LogP contribution is 2.28. The van der Waals surface area contributed by atoms with E-state index in [0.717, 1.165) is 10.6 Å². The van der Waals surface area contributed by atoms with E-state index in [1.54, 1.807) is 15.3 Å². The monoisotopic (exact) mass is 401 g/mol. The molecule has 144 valence electrons. The van der Waals surface area contributed by atoms with Crippen LogP contribution in [-0.4, -0.2) is 85.4 Å². The van der Waals surface area contributed by atoms with E-state index in [4.69, 9.17) is 4.74 Å². The van der Waals surface area contributed by atoms with Crippen molar-refractivity contribution in [3.8, 4) is 0 Å². The van der Waals surface area contributed by atoms with Crippen molar-refractivity contribution in [3.63, 3.8) is 0 Å². The molecule has 1 aromatic rings. The lowest BCUT2D eigenvalue weighted by atomic mass is 10.0. The number of ether oxygens (including phenoxy) is 1. The molecule has 3 rings (SSSR count). The lowest BCUT2D eigenvalue weighted by molar-refractivity contribution is -0.147. The third-order valence-electron chi connectivity index (χ3n) is 5.00. The van der Waals surface area contributed by atoms with E-state index in [9.17, 15) is 18.0 Å². The van der Waals surface area contributed by atoms with Crippen LogP contribution in [0.4, 0.5) is 0 Å². The van der Waals surface area contributed by atoms with Crippen molar-refractivity contribution in [1.82, 2.24) is 14.8 Å². The molecule has 2 aliphatic heterocycles. The van der Waals surface area contributed by atoms with E-state index in [0.29, 0.717) is 25.9 Å². The second kappa shape index (κ2) is 7.61. The van der Waals surface area contributed by atoms with Crippen LogP contribution in [0.5, 0.6) is 0 Å². The Labute approximate surface area is 157 Å². The standard InChI is InChI=1S/C16H23N3O5S2/c1-11-14(25-10-17-11)3-4-15(20)18-5-6-19(16(21)7-24-2)13-9-26(22,23)8-12(13)18/h10,12-13H,3-9H2,1-2H3/t12-,13+/m0/s1. The first kappa shape index (κ1) is 19.2. The molecule has 0 spiro atoms. The van der Waals surface area contributed by atoms with Crippen LogP contribution in [0.1, 0.15) is 17.0 Å². The molecule has 8 nitrogen and oxygen atoms in total. The van der Waals surface area contributed by atoms with Crippen molar-refractivity contribution in [2.24, 2.45) is 0 Å². The number of carbonyl (C=O) groups is 2. The van der Waals surface area contributed by atoms with Gasteiger partial charge in [-0.25, -0.2) is 13.4 Å². The van der Waals surface area contributed by atoms with Crippen LogP contribution in [0.2, 0.25) is 0 Å². The van der Waals surface area contributed by atoms with Crippen LogP contribution in [-0.2, 0) is 30.6 Å². The van der Waals surface area contributed by atoms with Gasteiger partial charge in [0, 0.05) is 31.5 Å². The second-order valence-corrected chi connectivity index (χ2v) is 9.77. The number of hydrogen-bond acceptors (Lipinski definition) is 7. The molecule has 2 amide bonds. The lowest BCUT2D eigenvalue weighted by Gasteiger charge is -2.43. The number of sulfone groups is 1. The zero-order chi connectivity index (χ0) is 18.9. The minimum Gasteiger partial charge on any atom is -0.375 e. The summed E-state index contributed by atoms with van der Waals surface area (Å²) in [5.41, 5.74) is 2.69. The molecule has 2 saturated heterocycles. The van der Waals surface area contributed by atoms with Gasteiger partial charge in [0.25, 0.3) is 0 Å². The fourth-order valence-corrected chi connectivity index (χ4v) is 6.47. The number of fused-ring (bicyclic) bond motifs is 1. The number of piperazine rings is 1. The number of nitrogens with zero attached hydrogens (tertiary/aromatic N) is 3. The number of aryl methyl sites for hydroxylation is 2. The van der Waals surface area contributed by atoms with Gasteiger partial charge in [-0.1, -0.05) is 0 Å². The number of methoxy groups -OCH3 is 1. The molecular weight excluding hydrogens is 378 g/mol. The van der Waals surface area contributed by atoms with Gasteiger partial charge in [0.15, 0.2) is 9.84 Å². The van der Waals surface area contributed by atoms with Crippen LogP contribution in [0.15, 0.2) is 5.51 Å². The summed E-state index contributed by atoms with van der Waals surface area (Å²) >= 11 is 1.52. The molecule has 0 saturated carbocycles. The summed E-state index contributed by atoms with van der Waals surface area (Å²) < 4.78 is 29.2. The molecule has 0 unspecified atom stereocenters. The highest BCUT2D eigenvalue weighted by molar-refractivity contribution is 7.91. The normalized spacial score (nSPS) is 24.5. The highest BCUT2D eigenvalue weighted by atomic mass is 32.2. The molecule has 0 aliphatic carbocycles. The molecule has 0 N–H and O–H groups in total. The fourth-order valence-electron chi connectivity index (χ4n) is 3.71. The van der Waals surface area contributed by atoms with Gasteiger partial charge in [-0.05, 0) is 13.3 Å². The molecule has 0 bridgehead atoms. The first-order valence-corrected chi connectivity index (χ1v) is 11.2. The first-order chi connectivity index (χ1) is 12.3. The Balaban J connectivity index is 1.72. The molecule has 26 heavy (non-hydrogen) atoms. The van der Waals surface area contributed by atoms with E-state index < -0.39 is 21.9 Å². The molecule has 3 heterocycles. The maximum absolute atomic E-state index is 12.7. The zero-order valence-corrected chi connectivity index (χ0v) is 16.5. The zero-order valence-electron chi connectivity index (χ0n) is 14.9. The molecule has 2 atom stereocenters. The maximum atomic E-state index is 12.7. The van der Waals surface area contributed by atoms with Gasteiger partial charge >= 0.3 is 0 Å². The Hall–Kier alpha value is -1.52. The van der Waals surface area contributed by atoms with Crippen LogP contribution in [0, 0.1) is 6.92 Å². The van der Waals surface area contributed by atoms with E-state index in [2.05, 4.69) is 4.98 Å². The average Bonchev–Trinajstić information content (AvgIpc) is 3.13. The highest BCUT2D eigenvalue weighted by Gasteiger charge is 2.49. The quantitative estimate of drug-likeness (QED) is 0.682. The van der Waals surface area contributed by atoms with E-state index in [1.807, 2.05) is 6.92 Å². The summed E-state index contributed by atoms with van der Waals surface area (Å²) in [5.74, 6) is -0.472. The third-order valence-corrected chi connectivity index (χ3v) is 7.69. The predicted molar refractivity (Wildman–Crippen MR) is 96.7 cm³/mol. The van der Waals surface area contributed by atoms with Crippen molar-refractivity contribution in [2.45, 2.75) is 31.8 Å². The van der Waals surface area contributed by atoms with Crippen molar-refractivity contribution in [3.05, 3.63) is 16.1 Å². The largest absolute Gasteiger partial charge is 0.375 e. The summed E-state index contributed by atoms with van der Waals surface area (Å²) in [6.07, 6.45) is 0.917. The molecule has 2 aliphatic rings. The molecule has 10 heteroatoms. The minimum absolute atomic E-state index is 0.0660. The van der Waals surface area contributed by atoms with E-state index >= 15 is 0 Å². The third kappa shape index (κ3) is 3.91. The van der Waals surface area contributed by atoms with Crippen LogP contribution in [0.3, 0.4) is 0 Å². The minimum atomic E-state index is -3.28. The van der Waals surface area contributed by atoms with Crippen molar-refractivity contribution < 1.29 is 22.7 Å². The number of amides is 2. The van der Waals surface area contributed by atoms with Gasteiger partial charge in [0.1, 0.15) is 6.61 Å². The molecular formula is C16H23N3O5S2. The van der Waals surface area contributed by atoms with E-state index in [1.165, 1.54) is 18.4 Å². The first-order valence-electron chi connectivity index (χ1n) is 8.49. The van der Waals surface area contributed by atoms with Crippen molar-refractivity contribution in [1.29, 1.82) is 0 Å². The summed E-state index contributed by atoms with van der Waals surface area (Å²) in [6.45, 7) is 2.52. The van der Waals surface area contributed by atoms with Crippen molar-refractivity contribution >= 4 is 33.0 Å². The van der Waals surface area contributed by atoms with Gasteiger partial charge in [-0.3, -0.25) is 9.59 Å². The summed E-state index contributed by atoms with van der Waals surface area (Å²) in [7, 11) is -1.85. The Morgan fingerprint density at radius 3 is 2.38 bits per heavy atom. The Morgan fingerprint density at radius 2 is 1.85 bits per heavy atom. The summed E-state index contributed by atoms with van der Waals surface area (Å²) in [6, 6.07) is -0.949. The van der Waals surface area contributed by atoms with Gasteiger partial charge in [-0.2, -0.15) is 0 Å². The van der Waals surface area contributed by atoms with Crippen LogP contribution < -0.4 is 0 Å². The fraction of sp³-hybridized carbons (Fsp3) is 0.688. The topological polar surface area (TPSA) is 96.9 Å². The van der Waals surface area contributed by atoms with Gasteiger partial charge in [0.05, 0.1) is 34.8 Å². The van der Waals surface area contributed by atoms with Crippen molar-refractivity contribution in [2.75, 3.05) is 38.3 Å². The molecule has 0 radical (unpaired) electrons. The molecule has 0 aromatic carbocycles. The molecule has 2 fully saturated rings. The Morgan fingerprint density at radius 1 is 1.23 bits per heavy atom. The number of aromatic nitrogens is 1. The van der Waals surface area contributed by atoms with Gasteiger partial charge < -0.3 is 14.5 Å². The Bertz CT molecular complexity index is 792. The van der Waals surface area contributed by atoms with Crippen LogP contribution >= 0.6 is 11.3 Å². The Kier molecular flexibility index (Phi) is 5.64. The average molecular weight is 402 g/mol. The van der Waals surface area contributed by atoms with Crippen LogP contribution in [0.25, 0.3) is 0 Å². The number of hydrogen-bond donors (Lipinski definition) is 0. The second-order valence-electron chi connectivity index (χ2n) is 6.68. The summed E-state index contributed by atoms with van der Waals surface area (Å²) in [5, 5.41) is 0. The SMILES string of the molecule is COCC(=O)N1CCN(C(=O)CCc2scnc2C)[C@H]2CS(=O)(=O)C[C@H]21. The summed E-state index contributed by atoms with van der Waals surface area (Å²) in [4.78, 5) is 33.5.